The summed E-state index contributed by atoms with van der Waals surface area (Å²) in [5.41, 5.74) is 3.43. The van der Waals surface area contributed by atoms with Crippen molar-refractivity contribution < 1.29 is 14.6 Å². The van der Waals surface area contributed by atoms with Crippen LogP contribution in [0.15, 0.2) is 0 Å². The van der Waals surface area contributed by atoms with Gasteiger partial charge in [0.15, 0.2) is 0 Å². The van der Waals surface area contributed by atoms with E-state index in [1.54, 1.807) is 0 Å². The van der Waals surface area contributed by atoms with E-state index in [1.165, 1.54) is 0 Å². The Morgan fingerprint density at radius 1 is 1.00 bits per heavy atom. The maximum Gasteiger partial charge on any atom is 0.412 e. The molecule has 0 unspecified atom stereocenters. The second kappa shape index (κ2) is 5.11. The number of amides is 1. The van der Waals surface area contributed by atoms with Crippen molar-refractivity contribution in [1.29, 1.82) is 0 Å². The van der Waals surface area contributed by atoms with Gasteiger partial charge in [0.2, 0.25) is 0 Å². The van der Waals surface area contributed by atoms with Crippen molar-refractivity contribution in [3.63, 3.8) is 0 Å². The van der Waals surface area contributed by atoms with E-state index in [1.807, 2.05) is 48.5 Å². The first-order valence-corrected chi connectivity index (χ1v) is 6.34. The molecule has 0 aromatic heterocycles. The third-order valence-electron chi connectivity index (χ3n) is 3.21. The van der Waals surface area contributed by atoms with Gasteiger partial charge in [0.1, 0.15) is 11.4 Å². The maximum absolute atomic E-state index is 11.8. The molecule has 1 amide bonds. The van der Waals surface area contributed by atoms with Gasteiger partial charge >= 0.3 is 6.09 Å². The van der Waals surface area contributed by atoms with Crippen LogP contribution in [0.25, 0.3) is 0 Å². The van der Waals surface area contributed by atoms with Gasteiger partial charge in [0.25, 0.3) is 0 Å². The first-order valence-electron chi connectivity index (χ1n) is 6.34. The van der Waals surface area contributed by atoms with E-state index in [9.17, 15) is 9.90 Å². The minimum absolute atomic E-state index is 0.282. The number of anilines is 1. The number of nitrogens with one attached hydrogen (secondary N) is 1. The molecule has 4 heteroatoms. The fourth-order valence-electron chi connectivity index (χ4n) is 1.89. The highest BCUT2D eigenvalue weighted by Gasteiger charge is 2.20. The van der Waals surface area contributed by atoms with Crippen LogP contribution in [0.4, 0.5) is 10.5 Å². The van der Waals surface area contributed by atoms with Crippen molar-refractivity contribution >= 4 is 11.8 Å². The number of carbonyl (C=O) groups is 1. The van der Waals surface area contributed by atoms with Crippen LogP contribution in [0.2, 0.25) is 0 Å². The molecule has 0 heterocycles. The highest BCUT2D eigenvalue weighted by molar-refractivity contribution is 5.88. The summed E-state index contributed by atoms with van der Waals surface area (Å²) in [5.74, 6) is 0.282. The van der Waals surface area contributed by atoms with Gasteiger partial charge in [-0.05, 0) is 70.7 Å². The number of hydrogen-bond acceptors (Lipinski definition) is 3. The average molecular weight is 265 g/mol. The summed E-state index contributed by atoms with van der Waals surface area (Å²) in [6.45, 7) is 12.9. The van der Waals surface area contributed by atoms with E-state index in [4.69, 9.17) is 4.74 Å². The van der Waals surface area contributed by atoms with Crippen LogP contribution in [0.1, 0.15) is 43.0 Å². The number of rotatable bonds is 1. The number of hydrogen-bond donors (Lipinski definition) is 2. The van der Waals surface area contributed by atoms with Gasteiger partial charge in [-0.2, -0.15) is 0 Å². The molecule has 0 atom stereocenters. The van der Waals surface area contributed by atoms with Crippen LogP contribution in [0.5, 0.6) is 5.75 Å². The number of phenolic OH excluding ortho intramolecular Hbond substituents is 1. The lowest BCUT2D eigenvalue weighted by Crippen LogP contribution is -2.27. The summed E-state index contributed by atoms with van der Waals surface area (Å²) in [6, 6.07) is 0. The highest BCUT2D eigenvalue weighted by atomic mass is 16.6. The van der Waals surface area contributed by atoms with E-state index in [-0.39, 0.29) is 5.75 Å². The molecule has 2 N–H and O–H groups in total. The van der Waals surface area contributed by atoms with Gasteiger partial charge in [-0.3, -0.25) is 5.32 Å². The van der Waals surface area contributed by atoms with Crippen LogP contribution in [0, 0.1) is 27.7 Å². The minimum Gasteiger partial charge on any atom is -0.507 e. The molecule has 19 heavy (non-hydrogen) atoms. The first kappa shape index (κ1) is 15.3. The Balaban J connectivity index is 3.13. The summed E-state index contributed by atoms with van der Waals surface area (Å²) >= 11 is 0. The summed E-state index contributed by atoms with van der Waals surface area (Å²) < 4.78 is 5.25. The van der Waals surface area contributed by atoms with E-state index in [2.05, 4.69) is 5.32 Å². The third-order valence-corrected chi connectivity index (χ3v) is 3.21. The van der Waals surface area contributed by atoms with Crippen molar-refractivity contribution in [3.8, 4) is 5.75 Å². The number of benzene rings is 1. The van der Waals surface area contributed by atoms with Crippen molar-refractivity contribution in [2.75, 3.05) is 5.32 Å². The Bertz CT molecular complexity index is 484. The van der Waals surface area contributed by atoms with Gasteiger partial charge in [-0.15, -0.1) is 0 Å². The van der Waals surface area contributed by atoms with E-state index in [0.717, 1.165) is 22.3 Å². The topological polar surface area (TPSA) is 58.6 Å². The van der Waals surface area contributed by atoms with Gasteiger partial charge < -0.3 is 9.84 Å². The van der Waals surface area contributed by atoms with Gasteiger partial charge in [-0.25, -0.2) is 4.79 Å². The molecular formula is C15H23NO3. The molecule has 106 valence electrons. The Morgan fingerprint density at radius 2 is 1.42 bits per heavy atom. The summed E-state index contributed by atoms with van der Waals surface area (Å²) in [7, 11) is 0. The normalized spacial score (nSPS) is 11.3. The van der Waals surface area contributed by atoms with Crippen LogP contribution >= 0.6 is 0 Å². The Labute approximate surface area is 114 Å². The molecule has 0 aliphatic rings. The molecule has 0 bridgehead atoms. The molecule has 0 spiro atoms. The zero-order chi connectivity index (χ0) is 15.0. The lowest BCUT2D eigenvalue weighted by atomic mass is 9.97. The summed E-state index contributed by atoms with van der Waals surface area (Å²) in [6.07, 6.45) is -0.483. The fourth-order valence-corrected chi connectivity index (χ4v) is 1.89. The largest absolute Gasteiger partial charge is 0.507 e. The second-order valence-electron chi connectivity index (χ2n) is 5.85. The lowest BCUT2D eigenvalue weighted by molar-refractivity contribution is 0.0635. The van der Waals surface area contributed by atoms with Gasteiger partial charge in [0.05, 0.1) is 5.69 Å². The monoisotopic (exact) mass is 265 g/mol. The van der Waals surface area contributed by atoms with Crippen molar-refractivity contribution in [1.82, 2.24) is 0 Å². The summed E-state index contributed by atoms with van der Waals surface area (Å²) in [4.78, 5) is 11.8. The molecular weight excluding hydrogens is 242 g/mol. The fraction of sp³-hybridized carbons (Fsp3) is 0.533. The maximum atomic E-state index is 11.8. The zero-order valence-electron chi connectivity index (χ0n) is 12.8. The van der Waals surface area contributed by atoms with Gasteiger partial charge in [-0.1, -0.05) is 0 Å². The summed E-state index contributed by atoms with van der Waals surface area (Å²) in [5, 5.41) is 12.7. The SMILES string of the molecule is Cc1c(C)c(NC(=O)OC(C)(C)C)c(C)c(C)c1O. The molecule has 0 saturated carbocycles. The van der Waals surface area contributed by atoms with Crippen molar-refractivity contribution in [3.05, 3.63) is 22.3 Å². The molecule has 0 aliphatic heterocycles. The predicted molar refractivity (Wildman–Crippen MR) is 76.9 cm³/mol. The van der Waals surface area contributed by atoms with Gasteiger partial charge in [0, 0.05) is 0 Å². The van der Waals surface area contributed by atoms with Crippen LogP contribution in [0.3, 0.4) is 0 Å². The average Bonchev–Trinajstić information content (AvgIpc) is 2.27. The van der Waals surface area contributed by atoms with Crippen molar-refractivity contribution in [2.24, 2.45) is 0 Å². The van der Waals surface area contributed by atoms with E-state index in [0.29, 0.717) is 5.69 Å². The second-order valence-corrected chi connectivity index (χ2v) is 5.85. The molecule has 4 nitrogen and oxygen atoms in total. The van der Waals surface area contributed by atoms with Crippen LogP contribution in [-0.2, 0) is 4.74 Å². The zero-order valence-corrected chi connectivity index (χ0v) is 12.8. The lowest BCUT2D eigenvalue weighted by Gasteiger charge is -2.22. The Kier molecular flexibility index (Phi) is 4.13. The molecule has 1 aromatic carbocycles. The van der Waals surface area contributed by atoms with Crippen LogP contribution in [-0.4, -0.2) is 16.8 Å². The smallest absolute Gasteiger partial charge is 0.412 e. The molecule has 0 radical (unpaired) electrons. The third kappa shape index (κ3) is 3.40. The quantitative estimate of drug-likeness (QED) is 0.755. The molecule has 0 fully saturated rings. The van der Waals surface area contributed by atoms with Crippen molar-refractivity contribution in [2.45, 2.75) is 54.1 Å². The van der Waals surface area contributed by atoms with E-state index >= 15 is 0 Å². The molecule has 1 rings (SSSR count). The van der Waals surface area contributed by atoms with E-state index < -0.39 is 11.7 Å². The minimum atomic E-state index is -0.535. The van der Waals surface area contributed by atoms with Crippen LogP contribution < -0.4 is 5.32 Å². The standard InChI is InChI=1S/C15H23NO3/c1-8-10(3)13(17)11(4)9(2)12(8)16-14(18)19-15(5,6)7/h17H,1-7H3,(H,16,18). The number of ether oxygens (including phenoxy) is 1. The molecule has 0 aliphatic carbocycles. The molecule has 1 aromatic rings. The predicted octanol–water partition coefficient (Wildman–Crippen LogP) is 3.97. The first-order chi connectivity index (χ1) is 8.54. The molecule has 0 saturated heterocycles. The highest BCUT2D eigenvalue weighted by Crippen LogP contribution is 2.34. The Hall–Kier alpha value is -1.71. The Morgan fingerprint density at radius 3 is 1.79 bits per heavy atom. The number of carbonyl (C=O) groups excluding carboxylic acids is 1. The number of aromatic hydroxyl groups is 1. The number of phenols is 1.